The first-order valence-corrected chi connectivity index (χ1v) is 5.65. The molecule has 80 valence electrons. The highest BCUT2D eigenvalue weighted by Crippen LogP contribution is 2.46. The van der Waals surface area contributed by atoms with E-state index in [1.165, 1.54) is 0 Å². The van der Waals surface area contributed by atoms with Crippen molar-refractivity contribution in [2.45, 2.75) is 39.2 Å². The molecule has 0 radical (unpaired) electrons. The fourth-order valence-electron chi connectivity index (χ4n) is 2.00. The molecule has 1 amide bonds. The van der Waals surface area contributed by atoms with E-state index in [-0.39, 0.29) is 5.41 Å². The van der Waals surface area contributed by atoms with Gasteiger partial charge in [0.05, 0.1) is 0 Å². The van der Waals surface area contributed by atoms with Crippen molar-refractivity contribution >= 4 is 5.91 Å². The summed E-state index contributed by atoms with van der Waals surface area (Å²) in [6.45, 7) is 7.05. The summed E-state index contributed by atoms with van der Waals surface area (Å²) in [6, 6.07) is 0.555. The molecule has 0 spiro atoms. The predicted octanol–water partition coefficient (Wildman–Crippen LogP) is 0.997. The van der Waals surface area contributed by atoms with Crippen LogP contribution in [0.2, 0.25) is 0 Å². The zero-order chi connectivity index (χ0) is 10.2. The third-order valence-electron chi connectivity index (χ3n) is 3.51. The maximum absolute atomic E-state index is 12.0. The Labute approximate surface area is 85.8 Å². The Morgan fingerprint density at radius 1 is 1.43 bits per heavy atom. The van der Waals surface area contributed by atoms with E-state index in [2.05, 4.69) is 19.2 Å². The second-order valence-corrected chi connectivity index (χ2v) is 5.00. The first-order valence-electron chi connectivity index (χ1n) is 5.65. The van der Waals surface area contributed by atoms with E-state index in [9.17, 15) is 4.79 Å². The van der Waals surface area contributed by atoms with Gasteiger partial charge < -0.3 is 10.2 Å². The molecule has 3 heteroatoms. The molecule has 1 saturated carbocycles. The number of rotatable bonds is 1. The van der Waals surface area contributed by atoms with Gasteiger partial charge in [0, 0.05) is 31.1 Å². The molecule has 1 atom stereocenters. The van der Waals surface area contributed by atoms with Gasteiger partial charge in [0.15, 0.2) is 0 Å². The quantitative estimate of drug-likeness (QED) is 0.678. The van der Waals surface area contributed by atoms with Gasteiger partial charge in [-0.3, -0.25) is 4.79 Å². The number of nitrogens with one attached hydrogen (secondary N) is 1. The Hall–Kier alpha value is -0.570. The predicted molar refractivity (Wildman–Crippen MR) is 56.0 cm³/mol. The van der Waals surface area contributed by atoms with Gasteiger partial charge in [-0.15, -0.1) is 0 Å². The summed E-state index contributed by atoms with van der Waals surface area (Å²) in [5, 5.41) is 3.41. The van der Waals surface area contributed by atoms with Crippen molar-refractivity contribution in [3.8, 4) is 0 Å². The minimum atomic E-state index is 0.00752. The Kier molecular flexibility index (Phi) is 2.52. The monoisotopic (exact) mass is 196 g/mol. The molecule has 0 aromatic heterocycles. The number of nitrogens with zero attached hydrogens (tertiary/aromatic N) is 1. The van der Waals surface area contributed by atoms with Crippen molar-refractivity contribution in [3.05, 3.63) is 0 Å². The topological polar surface area (TPSA) is 32.3 Å². The molecule has 1 aliphatic carbocycles. The summed E-state index contributed by atoms with van der Waals surface area (Å²) in [6.07, 6.45) is 3.26. The van der Waals surface area contributed by atoms with Crippen LogP contribution in [0, 0.1) is 5.41 Å². The molecule has 2 fully saturated rings. The molecular formula is C11H20N2O. The number of hydrogen-bond donors (Lipinski definition) is 1. The second-order valence-electron chi connectivity index (χ2n) is 5.00. The minimum Gasteiger partial charge on any atom is -0.341 e. The van der Waals surface area contributed by atoms with Crippen LogP contribution in [0.3, 0.4) is 0 Å². The molecular weight excluding hydrogens is 176 g/mol. The normalized spacial score (nSPS) is 31.0. The summed E-state index contributed by atoms with van der Waals surface area (Å²) >= 11 is 0. The smallest absolute Gasteiger partial charge is 0.228 e. The van der Waals surface area contributed by atoms with Crippen LogP contribution in [0.15, 0.2) is 0 Å². The average Bonchev–Trinajstić information content (AvgIpc) is 2.91. The van der Waals surface area contributed by atoms with Crippen molar-refractivity contribution in [1.82, 2.24) is 10.2 Å². The van der Waals surface area contributed by atoms with Gasteiger partial charge >= 0.3 is 0 Å². The summed E-state index contributed by atoms with van der Waals surface area (Å²) in [5.74, 6) is 0.383. The molecule has 1 saturated heterocycles. The zero-order valence-corrected chi connectivity index (χ0v) is 9.18. The SMILES string of the molecule is CC1CCN(C(=O)C2(C)CC2)CCN1. The minimum absolute atomic E-state index is 0.00752. The Bertz CT molecular complexity index is 235. The summed E-state index contributed by atoms with van der Waals surface area (Å²) in [5.41, 5.74) is 0.00752. The van der Waals surface area contributed by atoms with Crippen LogP contribution in [0.5, 0.6) is 0 Å². The maximum Gasteiger partial charge on any atom is 0.228 e. The summed E-state index contributed by atoms with van der Waals surface area (Å²) in [4.78, 5) is 14.1. The Morgan fingerprint density at radius 3 is 2.79 bits per heavy atom. The van der Waals surface area contributed by atoms with E-state index >= 15 is 0 Å². The Morgan fingerprint density at radius 2 is 2.14 bits per heavy atom. The fourth-order valence-corrected chi connectivity index (χ4v) is 2.00. The number of carbonyl (C=O) groups excluding carboxylic acids is 1. The molecule has 0 aromatic rings. The molecule has 1 heterocycles. The lowest BCUT2D eigenvalue weighted by Crippen LogP contribution is -2.38. The van der Waals surface area contributed by atoms with Crippen molar-refractivity contribution in [3.63, 3.8) is 0 Å². The van der Waals surface area contributed by atoms with Crippen molar-refractivity contribution in [2.24, 2.45) is 5.41 Å². The average molecular weight is 196 g/mol. The van der Waals surface area contributed by atoms with Crippen LogP contribution in [-0.2, 0) is 4.79 Å². The molecule has 1 unspecified atom stereocenters. The Balaban J connectivity index is 1.93. The third-order valence-corrected chi connectivity index (χ3v) is 3.51. The first-order chi connectivity index (χ1) is 6.62. The number of hydrogen-bond acceptors (Lipinski definition) is 2. The molecule has 0 aromatic carbocycles. The third kappa shape index (κ3) is 1.92. The first kappa shape index (κ1) is 9.97. The van der Waals surface area contributed by atoms with E-state index in [1.807, 2.05) is 4.90 Å². The van der Waals surface area contributed by atoms with Gasteiger partial charge in [0.1, 0.15) is 0 Å². The van der Waals surface area contributed by atoms with Gasteiger partial charge in [-0.2, -0.15) is 0 Å². The highest BCUT2D eigenvalue weighted by Gasteiger charge is 2.47. The van der Waals surface area contributed by atoms with Crippen LogP contribution in [0.1, 0.15) is 33.1 Å². The second kappa shape index (κ2) is 3.54. The highest BCUT2D eigenvalue weighted by molar-refractivity contribution is 5.84. The molecule has 3 nitrogen and oxygen atoms in total. The number of carbonyl (C=O) groups is 1. The van der Waals surface area contributed by atoms with Crippen LogP contribution in [0.25, 0.3) is 0 Å². The maximum atomic E-state index is 12.0. The van der Waals surface area contributed by atoms with Crippen LogP contribution >= 0.6 is 0 Å². The van der Waals surface area contributed by atoms with Gasteiger partial charge in [0.25, 0.3) is 0 Å². The van der Waals surface area contributed by atoms with Gasteiger partial charge in [-0.1, -0.05) is 6.92 Å². The van der Waals surface area contributed by atoms with Crippen molar-refractivity contribution < 1.29 is 4.79 Å². The lowest BCUT2D eigenvalue weighted by molar-refractivity contribution is -0.136. The molecule has 14 heavy (non-hydrogen) atoms. The van der Waals surface area contributed by atoms with Gasteiger partial charge in [-0.05, 0) is 26.2 Å². The van der Waals surface area contributed by atoms with E-state index in [0.29, 0.717) is 11.9 Å². The van der Waals surface area contributed by atoms with E-state index in [4.69, 9.17) is 0 Å². The highest BCUT2D eigenvalue weighted by atomic mass is 16.2. The van der Waals surface area contributed by atoms with Crippen molar-refractivity contribution in [1.29, 1.82) is 0 Å². The molecule has 2 rings (SSSR count). The van der Waals surface area contributed by atoms with Crippen molar-refractivity contribution in [2.75, 3.05) is 19.6 Å². The van der Waals surface area contributed by atoms with Gasteiger partial charge in [0.2, 0.25) is 5.91 Å². The van der Waals surface area contributed by atoms with E-state index < -0.39 is 0 Å². The van der Waals surface area contributed by atoms with Crippen LogP contribution in [0.4, 0.5) is 0 Å². The van der Waals surface area contributed by atoms with E-state index in [0.717, 1.165) is 38.9 Å². The van der Waals surface area contributed by atoms with E-state index in [1.54, 1.807) is 0 Å². The molecule has 1 N–H and O–H groups in total. The largest absolute Gasteiger partial charge is 0.341 e. The lowest BCUT2D eigenvalue weighted by atomic mass is 10.1. The fraction of sp³-hybridized carbons (Fsp3) is 0.909. The molecule has 0 bridgehead atoms. The lowest BCUT2D eigenvalue weighted by Gasteiger charge is -2.23. The molecule has 1 aliphatic heterocycles. The number of amides is 1. The van der Waals surface area contributed by atoms with Crippen LogP contribution < -0.4 is 5.32 Å². The van der Waals surface area contributed by atoms with Crippen LogP contribution in [-0.4, -0.2) is 36.5 Å². The standard InChI is InChI=1S/C11H20N2O/c1-9-3-7-13(8-6-12-9)10(14)11(2)4-5-11/h9,12H,3-8H2,1-2H3. The summed E-state index contributed by atoms with van der Waals surface area (Å²) < 4.78 is 0. The zero-order valence-electron chi connectivity index (χ0n) is 9.18. The molecule has 2 aliphatic rings. The summed E-state index contributed by atoms with van der Waals surface area (Å²) in [7, 11) is 0. The van der Waals surface area contributed by atoms with Gasteiger partial charge in [-0.25, -0.2) is 0 Å².